The molecular weight excluding hydrogens is 380 g/mol. The Hall–Kier alpha value is -2.96. The van der Waals surface area contributed by atoms with Crippen LogP contribution in [0.2, 0.25) is 0 Å². The first-order valence-electron chi connectivity index (χ1n) is 10.5. The Balaban J connectivity index is 1.67. The number of nitrogens with zero attached hydrogens (tertiary/aromatic N) is 4. The summed E-state index contributed by atoms with van der Waals surface area (Å²) in [5.74, 6) is 1.33. The van der Waals surface area contributed by atoms with Gasteiger partial charge in [-0.25, -0.2) is 9.97 Å². The summed E-state index contributed by atoms with van der Waals surface area (Å²) in [7, 11) is 0. The van der Waals surface area contributed by atoms with Crippen LogP contribution in [0.25, 0.3) is 11.4 Å². The number of carbonyl (C=O) groups excluding carboxylic acids is 2. The number of amides is 1. The van der Waals surface area contributed by atoms with Crippen molar-refractivity contribution in [3.63, 3.8) is 0 Å². The highest BCUT2D eigenvalue weighted by Gasteiger charge is 2.24. The van der Waals surface area contributed by atoms with Gasteiger partial charge in [0.15, 0.2) is 5.82 Å². The summed E-state index contributed by atoms with van der Waals surface area (Å²) in [6.45, 7) is 10.9. The first-order chi connectivity index (χ1) is 14.4. The fourth-order valence-corrected chi connectivity index (χ4v) is 3.52. The molecule has 0 atom stereocenters. The smallest absolute Gasteiger partial charge is 0.306 e. The second kappa shape index (κ2) is 9.69. The highest BCUT2D eigenvalue weighted by Crippen LogP contribution is 2.25. The Morgan fingerprint density at radius 1 is 0.967 bits per heavy atom. The van der Waals surface area contributed by atoms with Crippen LogP contribution >= 0.6 is 0 Å². The second-order valence-electron chi connectivity index (χ2n) is 7.62. The van der Waals surface area contributed by atoms with E-state index in [4.69, 9.17) is 9.72 Å². The molecule has 1 aliphatic rings. The molecule has 7 heteroatoms. The van der Waals surface area contributed by atoms with Crippen LogP contribution in [0.5, 0.6) is 0 Å². The Labute approximate surface area is 178 Å². The fourth-order valence-electron chi connectivity index (χ4n) is 3.52. The summed E-state index contributed by atoms with van der Waals surface area (Å²) >= 11 is 0. The zero-order valence-electron chi connectivity index (χ0n) is 18.3. The third-order valence-corrected chi connectivity index (χ3v) is 5.45. The van der Waals surface area contributed by atoms with E-state index in [1.54, 1.807) is 6.92 Å². The van der Waals surface area contributed by atoms with Gasteiger partial charge in [-0.05, 0) is 27.7 Å². The van der Waals surface area contributed by atoms with Gasteiger partial charge >= 0.3 is 5.97 Å². The van der Waals surface area contributed by atoms with E-state index in [0.717, 1.165) is 28.5 Å². The lowest BCUT2D eigenvalue weighted by Crippen LogP contribution is -2.49. The molecule has 1 aliphatic heterocycles. The third kappa shape index (κ3) is 5.14. The number of esters is 1. The minimum absolute atomic E-state index is 0.00126. The number of hydrogen-bond donors (Lipinski definition) is 0. The maximum atomic E-state index is 12.4. The van der Waals surface area contributed by atoms with Crippen molar-refractivity contribution in [2.45, 2.75) is 40.5 Å². The first kappa shape index (κ1) is 21.7. The normalized spacial score (nSPS) is 14.0. The maximum absolute atomic E-state index is 12.4. The number of aryl methyl sites for hydroxylation is 2. The van der Waals surface area contributed by atoms with Crippen LogP contribution in [0.4, 0.5) is 5.82 Å². The van der Waals surface area contributed by atoms with Crippen molar-refractivity contribution in [3.8, 4) is 11.4 Å². The number of aromatic nitrogens is 2. The second-order valence-corrected chi connectivity index (χ2v) is 7.62. The van der Waals surface area contributed by atoms with Crippen molar-refractivity contribution in [3.05, 3.63) is 41.1 Å². The van der Waals surface area contributed by atoms with Gasteiger partial charge < -0.3 is 14.5 Å². The third-order valence-electron chi connectivity index (χ3n) is 5.45. The summed E-state index contributed by atoms with van der Waals surface area (Å²) in [4.78, 5) is 37.5. The Morgan fingerprint density at radius 3 is 2.27 bits per heavy atom. The number of rotatable bonds is 6. The number of benzene rings is 1. The van der Waals surface area contributed by atoms with Gasteiger partial charge in [-0.2, -0.15) is 0 Å². The maximum Gasteiger partial charge on any atom is 0.306 e. The van der Waals surface area contributed by atoms with Gasteiger partial charge in [0.2, 0.25) is 5.91 Å². The van der Waals surface area contributed by atoms with Gasteiger partial charge in [-0.15, -0.1) is 0 Å². The average molecular weight is 411 g/mol. The molecule has 1 saturated heterocycles. The standard InChI is InChI=1S/C23H30N4O3/c1-5-30-21(29)11-10-20(28)26-12-14-27(15-13-26)23-17(3)18(4)24-22(25-23)19-8-6-16(2)7-9-19/h6-9H,5,10-15H2,1-4H3. The fraction of sp³-hybridized carbons (Fsp3) is 0.478. The summed E-state index contributed by atoms with van der Waals surface area (Å²) in [6, 6.07) is 8.22. The molecule has 1 amide bonds. The summed E-state index contributed by atoms with van der Waals surface area (Å²) < 4.78 is 4.90. The lowest BCUT2D eigenvalue weighted by Gasteiger charge is -2.36. The van der Waals surface area contributed by atoms with Crippen molar-refractivity contribution in [2.75, 3.05) is 37.7 Å². The molecule has 1 aromatic carbocycles. The van der Waals surface area contributed by atoms with Crippen LogP contribution in [0, 0.1) is 20.8 Å². The van der Waals surface area contributed by atoms with Crippen molar-refractivity contribution < 1.29 is 14.3 Å². The zero-order chi connectivity index (χ0) is 21.7. The topological polar surface area (TPSA) is 75.6 Å². The van der Waals surface area contributed by atoms with Crippen molar-refractivity contribution in [1.29, 1.82) is 0 Å². The molecule has 7 nitrogen and oxygen atoms in total. The van der Waals surface area contributed by atoms with E-state index < -0.39 is 0 Å². The largest absolute Gasteiger partial charge is 0.466 e. The Bertz CT molecular complexity index is 903. The van der Waals surface area contributed by atoms with Gasteiger partial charge in [0.1, 0.15) is 5.82 Å². The van der Waals surface area contributed by atoms with Crippen LogP contribution in [0.3, 0.4) is 0 Å². The quantitative estimate of drug-likeness (QED) is 0.682. The van der Waals surface area contributed by atoms with Gasteiger partial charge in [0, 0.05) is 49.4 Å². The Morgan fingerprint density at radius 2 is 1.63 bits per heavy atom. The summed E-state index contributed by atoms with van der Waals surface area (Å²) in [6.07, 6.45) is 0.332. The highest BCUT2D eigenvalue weighted by molar-refractivity contribution is 5.81. The molecule has 0 bridgehead atoms. The molecule has 2 heterocycles. The number of piperazine rings is 1. The van der Waals surface area contributed by atoms with Crippen LogP contribution in [0.1, 0.15) is 36.6 Å². The summed E-state index contributed by atoms with van der Waals surface area (Å²) in [5, 5.41) is 0. The first-order valence-corrected chi connectivity index (χ1v) is 10.5. The molecule has 3 rings (SSSR count). The van der Waals surface area contributed by atoms with Crippen LogP contribution in [-0.2, 0) is 14.3 Å². The van der Waals surface area contributed by atoms with Crippen LogP contribution in [0.15, 0.2) is 24.3 Å². The Kier molecular flexibility index (Phi) is 7.03. The van der Waals surface area contributed by atoms with Gasteiger partial charge in [0.25, 0.3) is 0 Å². The number of carbonyl (C=O) groups is 2. The lowest BCUT2D eigenvalue weighted by atomic mass is 10.1. The number of anilines is 1. The van der Waals surface area contributed by atoms with Crippen LogP contribution < -0.4 is 4.90 Å². The van der Waals surface area contributed by atoms with E-state index in [2.05, 4.69) is 28.9 Å². The minimum atomic E-state index is -0.319. The molecule has 0 N–H and O–H groups in total. The van der Waals surface area contributed by atoms with E-state index >= 15 is 0 Å². The zero-order valence-corrected chi connectivity index (χ0v) is 18.3. The predicted molar refractivity (Wildman–Crippen MR) is 116 cm³/mol. The molecule has 0 radical (unpaired) electrons. The van der Waals surface area contributed by atoms with Gasteiger partial charge in [0.05, 0.1) is 13.0 Å². The predicted octanol–water partition coefficient (Wildman–Crippen LogP) is 3.06. The molecule has 0 saturated carbocycles. The monoisotopic (exact) mass is 410 g/mol. The highest BCUT2D eigenvalue weighted by atomic mass is 16.5. The number of ether oxygens (including phenoxy) is 1. The molecule has 0 spiro atoms. The minimum Gasteiger partial charge on any atom is -0.466 e. The number of hydrogen-bond acceptors (Lipinski definition) is 6. The molecule has 2 aromatic rings. The molecule has 160 valence electrons. The van der Waals surface area contributed by atoms with Gasteiger partial charge in [-0.1, -0.05) is 29.8 Å². The van der Waals surface area contributed by atoms with E-state index in [0.29, 0.717) is 32.8 Å². The van der Waals surface area contributed by atoms with Crippen molar-refractivity contribution >= 4 is 17.7 Å². The molecule has 0 unspecified atom stereocenters. The SMILES string of the molecule is CCOC(=O)CCC(=O)N1CCN(c2nc(-c3ccc(C)cc3)nc(C)c2C)CC1. The lowest BCUT2D eigenvalue weighted by molar-refractivity contribution is -0.145. The van der Waals surface area contributed by atoms with Crippen molar-refractivity contribution in [1.82, 2.24) is 14.9 Å². The van der Waals surface area contributed by atoms with Crippen LogP contribution in [-0.4, -0.2) is 59.5 Å². The molecular formula is C23H30N4O3. The van der Waals surface area contributed by atoms with E-state index in [1.165, 1.54) is 5.56 Å². The van der Waals surface area contributed by atoms with Gasteiger partial charge in [-0.3, -0.25) is 9.59 Å². The average Bonchev–Trinajstić information content (AvgIpc) is 2.75. The van der Waals surface area contributed by atoms with E-state index in [-0.39, 0.29) is 24.7 Å². The molecule has 1 aromatic heterocycles. The molecule has 30 heavy (non-hydrogen) atoms. The van der Waals surface area contributed by atoms with E-state index in [1.807, 2.05) is 30.9 Å². The van der Waals surface area contributed by atoms with E-state index in [9.17, 15) is 9.59 Å². The molecule has 1 fully saturated rings. The summed E-state index contributed by atoms with van der Waals surface area (Å²) in [5.41, 5.74) is 4.22. The molecule has 0 aliphatic carbocycles. The van der Waals surface area contributed by atoms with Crippen molar-refractivity contribution in [2.24, 2.45) is 0 Å².